The predicted octanol–water partition coefficient (Wildman–Crippen LogP) is 4.64. The fourth-order valence-electron chi connectivity index (χ4n) is 5.83. The lowest BCUT2D eigenvalue weighted by Crippen LogP contribution is -2.48. The first-order valence-corrected chi connectivity index (χ1v) is 13.3. The molecule has 1 saturated carbocycles. The molecule has 2 aromatic carbocycles. The number of carbonyl (C=O) groups is 3. The normalized spacial score (nSPS) is 22.1. The standard InChI is InChI=1S/C31H35NO8/c1-7-39-30(34)25-17(3)32-21-16-20(19-11-9-10-12-22(19)36-4)27(31(35)40-8-2)29(33)28(21)26(25)18-13-14-23(37-5)24(15-18)38-6/h9-15,20,26-28H,7-8,16H2,1-6H3/t20-,26+,27+,28?/m0/s1. The summed E-state index contributed by atoms with van der Waals surface area (Å²) >= 11 is 0. The molecule has 2 aliphatic rings. The van der Waals surface area contributed by atoms with E-state index >= 15 is 0 Å². The average Bonchev–Trinajstić information content (AvgIpc) is 2.95. The van der Waals surface area contributed by atoms with Gasteiger partial charge in [-0.25, -0.2) is 4.79 Å². The molecule has 0 radical (unpaired) electrons. The van der Waals surface area contributed by atoms with Crippen LogP contribution in [0.15, 0.2) is 58.7 Å². The Kier molecular flexibility index (Phi) is 8.92. The molecule has 212 valence electrons. The number of Topliss-reactive ketones (excluding diaryl/α,β-unsaturated/α-hetero) is 1. The van der Waals surface area contributed by atoms with E-state index in [4.69, 9.17) is 28.7 Å². The summed E-state index contributed by atoms with van der Waals surface area (Å²) < 4.78 is 27.4. The number of allylic oxidation sites excluding steroid dienone is 1. The quantitative estimate of drug-likeness (QED) is 0.329. The van der Waals surface area contributed by atoms with Gasteiger partial charge in [0.1, 0.15) is 11.7 Å². The van der Waals surface area contributed by atoms with Crippen molar-refractivity contribution in [1.82, 2.24) is 0 Å². The van der Waals surface area contributed by atoms with Gasteiger partial charge < -0.3 is 23.7 Å². The molecule has 0 saturated heterocycles. The van der Waals surface area contributed by atoms with Gasteiger partial charge in [0.05, 0.1) is 46.0 Å². The van der Waals surface area contributed by atoms with Crippen molar-refractivity contribution in [3.05, 3.63) is 64.9 Å². The summed E-state index contributed by atoms with van der Waals surface area (Å²) in [7, 11) is 4.60. The summed E-state index contributed by atoms with van der Waals surface area (Å²) in [6.07, 6.45) is 0.303. The zero-order valence-corrected chi connectivity index (χ0v) is 23.7. The lowest BCUT2D eigenvalue weighted by molar-refractivity contribution is -0.153. The Balaban J connectivity index is 1.93. The Hall–Kier alpha value is -4.14. The molecular formula is C31H35NO8. The van der Waals surface area contributed by atoms with Gasteiger partial charge in [0.25, 0.3) is 0 Å². The number of methoxy groups -OCH3 is 3. The van der Waals surface area contributed by atoms with Gasteiger partial charge in [-0.05, 0) is 56.5 Å². The van der Waals surface area contributed by atoms with Crippen LogP contribution in [-0.2, 0) is 23.9 Å². The molecule has 0 N–H and O–H groups in total. The molecule has 0 aromatic heterocycles. The minimum absolute atomic E-state index is 0.124. The zero-order valence-electron chi connectivity index (χ0n) is 23.7. The highest BCUT2D eigenvalue weighted by Gasteiger charge is 2.53. The van der Waals surface area contributed by atoms with Crippen molar-refractivity contribution in [3.8, 4) is 17.2 Å². The summed E-state index contributed by atoms with van der Waals surface area (Å²) in [5, 5.41) is 0. The molecule has 40 heavy (non-hydrogen) atoms. The van der Waals surface area contributed by atoms with E-state index in [1.807, 2.05) is 18.2 Å². The van der Waals surface area contributed by atoms with E-state index in [1.165, 1.54) is 14.2 Å². The number of ketones is 1. The number of hydrogen-bond acceptors (Lipinski definition) is 9. The Bertz CT molecular complexity index is 1360. The molecule has 1 heterocycles. The predicted molar refractivity (Wildman–Crippen MR) is 148 cm³/mol. The maximum absolute atomic E-state index is 14.5. The van der Waals surface area contributed by atoms with Gasteiger partial charge in [0.15, 0.2) is 17.3 Å². The first-order chi connectivity index (χ1) is 19.3. The molecule has 0 bridgehead atoms. The van der Waals surface area contributed by atoms with Gasteiger partial charge in [-0.3, -0.25) is 14.6 Å². The van der Waals surface area contributed by atoms with Gasteiger partial charge in [0.2, 0.25) is 0 Å². The fraction of sp³-hybridized carbons (Fsp3) is 0.419. The van der Waals surface area contributed by atoms with Crippen LogP contribution in [0.2, 0.25) is 0 Å². The highest BCUT2D eigenvalue weighted by Crippen LogP contribution is 2.50. The van der Waals surface area contributed by atoms with Gasteiger partial charge in [-0.15, -0.1) is 0 Å². The molecule has 4 atom stereocenters. The number of aliphatic imine (C=N–C) groups is 1. The summed E-state index contributed by atoms with van der Waals surface area (Å²) in [6.45, 7) is 5.44. The topological polar surface area (TPSA) is 110 Å². The van der Waals surface area contributed by atoms with Crippen LogP contribution in [0.25, 0.3) is 0 Å². The molecule has 1 aliphatic carbocycles. The fourth-order valence-corrected chi connectivity index (χ4v) is 5.83. The van der Waals surface area contributed by atoms with Gasteiger partial charge in [-0.1, -0.05) is 24.3 Å². The smallest absolute Gasteiger partial charge is 0.336 e. The van der Waals surface area contributed by atoms with Gasteiger partial charge in [-0.2, -0.15) is 0 Å². The van der Waals surface area contributed by atoms with Crippen molar-refractivity contribution in [1.29, 1.82) is 0 Å². The monoisotopic (exact) mass is 549 g/mol. The maximum atomic E-state index is 14.5. The second-order valence-corrected chi connectivity index (χ2v) is 9.58. The zero-order chi connectivity index (χ0) is 29.0. The highest BCUT2D eigenvalue weighted by molar-refractivity contribution is 6.18. The van der Waals surface area contributed by atoms with E-state index in [0.29, 0.717) is 40.6 Å². The summed E-state index contributed by atoms with van der Waals surface area (Å²) in [6, 6.07) is 12.6. The van der Waals surface area contributed by atoms with E-state index in [2.05, 4.69) is 0 Å². The number of benzene rings is 2. The molecule has 1 fully saturated rings. The average molecular weight is 550 g/mol. The van der Waals surface area contributed by atoms with E-state index in [-0.39, 0.29) is 24.6 Å². The van der Waals surface area contributed by atoms with Crippen LogP contribution in [0.1, 0.15) is 50.2 Å². The summed E-state index contributed by atoms with van der Waals surface area (Å²) in [4.78, 5) is 46.0. The molecule has 1 aliphatic heterocycles. The molecule has 4 rings (SSSR count). The third kappa shape index (κ3) is 5.20. The lowest BCUT2D eigenvalue weighted by atomic mass is 9.62. The first-order valence-electron chi connectivity index (χ1n) is 13.3. The maximum Gasteiger partial charge on any atom is 0.336 e. The number of ether oxygens (including phenoxy) is 5. The minimum Gasteiger partial charge on any atom is -0.496 e. The Morgan fingerprint density at radius 1 is 0.875 bits per heavy atom. The molecule has 0 spiro atoms. The van der Waals surface area contributed by atoms with Crippen LogP contribution in [0.3, 0.4) is 0 Å². The van der Waals surface area contributed by atoms with Crippen LogP contribution < -0.4 is 14.2 Å². The molecule has 2 aromatic rings. The second-order valence-electron chi connectivity index (χ2n) is 9.58. The van der Waals surface area contributed by atoms with Crippen molar-refractivity contribution in [2.24, 2.45) is 16.8 Å². The van der Waals surface area contributed by atoms with Crippen molar-refractivity contribution >= 4 is 23.4 Å². The summed E-state index contributed by atoms with van der Waals surface area (Å²) in [5.41, 5.74) is 2.69. The molecule has 0 amide bonds. The number of fused-ring (bicyclic) bond motifs is 1. The third-order valence-corrected chi connectivity index (χ3v) is 7.49. The highest BCUT2D eigenvalue weighted by atomic mass is 16.5. The Morgan fingerprint density at radius 2 is 1.55 bits per heavy atom. The van der Waals surface area contributed by atoms with Crippen molar-refractivity contribution in [2.75, 3.05) is 34.5 Å². The minimum atomic E-state index is -1.12. The number of rotatable bonds is 9. The van der Waals surface area contributed by atoms with Gasteiger partial charge >= 0.3 is 11.9 Å². The molecular weight excluding hydrogens is 514 g/mol. The number of para-hydroxylation sites is 1. The van der Waals surface area contributed by atoms with Crippen molar-refractivity contribution in [2.45, 2.75) is 39.0 Å². The van der Waals surface area contributed by atoms with Crippen LogP contribution in [0.5, 0.6) is 17.2 Å². The number of carbonyl (C=O) groups excluding carboxylic acids is 3. The van der Waals surface area contributed by atoms with E-state index < -0.39 is 35.6 Å². The molecule has 9 heteroatoms. The van der Waals surface area contributed by atoms with E-state index in [0.717, 1.165) is 5.56 Å². The Morgan fingerprint density at radius 3 is 2.20 bits per heavy atom. The number of esters is 2. The first kappa shape index (κ1) is 28.9. The van der Waals surface area contributed by atoms with Crippen molar-refractivity contribution < 1.29 is 38.1 Å². The molecule has 9 nitrogen and oxygen atoms in total. The largest absolute Gasteiger partial charge is 0.496 e. The van der Waals surface area contributed by atoms with Crippen LogP contribution >= 0.6 is 0 Å². The van der Waals surface area contributed by atoms with Crippen LogP contribution in [0.4, 0.5) is 0 Å². The lowest BCUT2D eigenvalue weighted by Gasteiger charge is -2.41. The Labute approximate surface area is 234 Å². The second kappa shape index (κ2) is 12.4. The molecule has 1 unspecified atom stereocenters. The van der Waals surface area contributed by atoms with Crippen molar-refractivity contribution in [3.63, 3.8) is 0 Å². The van der Waals surface area contributed by atoms with Gasteiger partial charge in [0, 0.05) is 23.2 Å². The third-order valence-electron chi connectivity index (χ3n) is 7.49. The van der Waals surface area contributed by atoms with Crippen LogP contribution in [-0.4, -0.2) is 58.0 Å². The van der Waals surface area contributed by atoms with Crippen LogP contribution in [0, 0.1) is 11.8 Å². The van der Waals surface area contributed by atoms with E-state index in [9.17, 15) is 14.4 Å². The summed E-state index contributed by atoms with van der Waals surface area (Å²) in [5.74, 6) is -3.34. The number of hydrogen-bond donors (Lipinski definition) is 0. The van der Waals surface area contributed by atoms with E-state index in [1.54, 1.807) is 52.1 Å². The number of nitrogens with zero attached hydrogens (tertiary/aromatic N) is 1. The SMILES string of the molecule is CCOC(=O)C1=C(C)N=C2C[C@@H](c3ccccc3OC)[C@@H](C(=O)OCC)C(=O)C2[C@@H]1c1ccc(OC)c(OC)c1.